The number of furan rings is 1. The Balaban J connectivity index is 1.84. The summed E-state index contributed by atoms with van der Waals surface area (Å²) in [6.45, 7) is 13.2. The fourth-order valence-corrected chi connectivity index (χ4v) is 4.90. The molecule has 3 aromatic carbocycles. The molecule has 0 bridgehead atoms. The molecule has 2 heterocycles. The third-order valence-electron chi connectivity index (χ3n) is 6.61. The predicted octanol–water partition coefficient (Wildman–Crippen LogP) is 8.23. The zero-order chi connectivity index (χ0) is 21.9. The van der Waals surface area contributed by atoms with Crippen molar-refractivity contribution in [2.24, 2.45) is 5.92 Å². The van der Waals surface area contributed by atoms with E-state index in [1.165, 1.54) is 44.2 Å². The predicted molar refractivity (Wildman–Crippen MR) is 132 cm³/mol. The average molecular weight is 408 g/mol. The SMILES string of the molecule is Cc1ccc2c(n1)oc1c(-c3ccc4c(CC(C)C)cccc4c3C)c(C)c(C)cc12. The van der Waals surface area contributed by atoms with Crippen molar-refractivity contribution in [2.45, 2.75) is 48.0 Å². The normalized spacial score (nSPS) is 12.0. The fourth-order valence-electron chi connectivity index (χ4n) is 4.90. The molecule has 0 aliphatic heterocycles. The molecule has 0 N–H and O–H groups in total. The van der Waals surface area contributed by atoms with Crippen LogP contribution in [0.1, 0.15) is 41.8 Å². The summed E-state index contributed by atoms with van der Waals surface area (Å²) >= 11 is 0. The van der Waals surface area contributed by atoms with E-state index in [0.717, 1.165) is 34.2 Å². The Hall–Kier alpha value is -3.13. The van der Waals surface area contributed by atoms with Gasteiger partial charge in [-0.15, -0.1) is 0 Å². The molecule has 2 aromatic heterocycles. The lowest BCUT2D eigenvalue weighted by molar-refractivity contribution is 0.650. The third-order valence-corrected chi connectivity index (χ3v) is 6.61. The molecule has 0 aliphatic rings. The van der Waals surface area contributed by atoms with Crippen LogP contribution >= 0.6 is 0 Å². The highest BCUT2D eigenvalue weighted by molar-refractivity contribution is 6.11. The highest BCUT2D eigenvalue weighted by atomic mass is 16.3. The molecule has 31 heavy (non-hydrogen) atoms. The first-order chi connectivity index (χ1) is 14.8. The monoisotopic (exact) mass is 407 g/mol. The number of fused-ring (bicyclic) bond motifs is 4. The van der Waals surface area contributed by atoms with Crippen LogP contribution in [-0.4, -0.2) is 4.98 Å². The van der Waals surface area contributed by atoms with Gasteiger partial charge in [0.05, 0.1) is 0 Å². The number of benzene rings is 3. The van der Waals surface area contributed by atoms with Gasteiger partial charge >= 0.3 is 0 Å². The molecule has 0 atom stereocenters. The van der Waals surface area contributed by atoms with Crippen LogP contribution in [0.5, 0.6) is 0 Å². The van der Waals surface area contributed by atoms with Crippen LogP contribution in [0.15, 0.2) is 52.9 Å². The Kier molecular flexibility index (Phi) is 4.62. The van der Waals surface area contributed by atoms with Crippen molar-refractivity contribution in [3.8, 4) is 11.1 Å². The minimum absolute atomic E-state index is 0.635. The van der Waals surface area contributed by atoms with Crippen molar-refractivity contribution in [1.82, 2.24) is 4.98 Å². The molecule has 0 radical (unpaired) electrons. The largest absolute Gasteiger partial charge is 0.437 e. The summed E-state index contributed by atoms with van der Waals surface area (Å²) in [6.07, 6.45) is 1.10. The summed E-state index contributed by atoms with van der Waals surface area (Å²) in [7, 11) is 0. The summed E-state index contributed by atoms with van der Waals surface area (Å²) in [4.78, 5) is 4.65. The molecule has 5 rings (SSSR count). The number of aromatic nitrogens is 1. The topological polar surface area (TPSA) is 26.0 Å². The lowest BCUT2D eigenvalue weighted by atomic mass is 9.87. The Labute approximate surface area is 183 Å². The van der Waals surface area contributed by atoms with Crippen LogP contribution in [-0.2, 0) is 6.42 Å². The number of aryl methyl sites for hydroxylation is 3. The second kappa shape index (κ2) is 7.23. The second-order valence-corrected chi connectivity index (χ2v) is 9.33. The number of rotatable bonds is 3. The molecule has 2 heteroatoms. The van der Waals surface area contributed by atoms with Crippen molar-refractivity contribution >= 4 is 32.8 Å². The minimum atomic E-state index is 0.635. The molecule has 0 amide bonds. The first-order valence-electron chi connectivity index (χ1n) is 11.2. The quantitative estimate of drug-likeness (QED) is 0.301. The number of pyridine rings is 1. The van der Waals surface area contributed by atoms with E-state index in [1.54, 1.807) is 0 Å². The Morgan fingerprint density at radius 1 is 0.806 bits per heavy atom. The van der Waals surface area contributed by atoms with Gasteiger partial charge in [0, 0.05) is 22.0 Å². The van der Waals surface area contributed by atoms with Gasteiger partial charge < -0.3 is 4.42 Å². The molecule has 5 aromatic rings. The molecule has 0 saturated heterocycles. The fraction of sp³-hybridized carbons (Fsp3) is 0.276. The van der Waals surface area contributed by atoms with Crippen LogP contribution in [0.3, 0.4) is 0 Å². The zero-order valence-corrected chi connectivity index (χ0v) is 19.3. The Morgan fingerprint density at radius 2 is 1.58 bits per heavy atom. The number of nitrogens with zero attached hydrogens (tertiary/aromatic N) is 1. The maximum absolute atomic E-state index is 6.39. The second-order valence-electron chi connectivity index (χ2n) is 9.33. The van der Waals surface area contributed by atoms with Gasteiger partial charge in [-0.3, -0.25) is 0 Å². The first kappa shape index (κ1) is 19.8. The molecule has 0 unspecified atom stereocenters. The third kappa shape index (κ3) is 3.13. The van der Waals surface area contributed by atoms with E-state index in [1.807, 2.05) is 6.92 Å². The standard InChI is InChI=1S/C29H29NO/c1-16(2)14-21-8-7-9-22-20(6)23(12-13-24(21)22)27-19(5)17(3)15-26-25-11-10-18(4)30-29(25)31-28(26)27/h7-13,15-16H,14H2,1-6H3. The molecule has 2 nitrogen and oxygen atoms in total. The van der Waals surface area contributed by atoms with Crippen LogP contribution in [0.4, 0.5) is 0 Å². The lowest BCUT2D eigenvalue weighted by Gasteiger charge is -2.16. The van der Waals surface area contributed by atoms with Gasteiger partial charge in [-0.25, -0.2) is 4.98 Å². The van der Waals surface area contributed by atoms with Crippen LogP contribution < -0.4 is 0 Å². The molecule has 0 spiro atoms. The van der Waals surface area contributed by atoms with Gasteiger partial charge in [-0.2, -0.15) is 0 Å². The average Bonchev–Trinajstić information content (AvgIpc) is 3.07. The van der Waals surface area contributed by atoms with Gasteiger partial charge in [0.25, 0.3) is 0 Å². The van der Waals surface area contributed by atoms with Crippen molar-refractivity contribution < 1.29 is 4.42 Å². The maximum atomic E-state index is 6.39. The smallest absolute Gasteiger partial charge is 0.227 e. The van der Waals surface area contributed by atoms with Crippen molar-refractivity contribution in [1.29, 1.82) is 0 Å². The van der Waals surface area contributed by atoms with E-state index >= 15 is 0 Å². The summed E-state index contributed by atoms with van der Waals surface area (Å²) in [5.41, 5.74) is 10.4. The summed E-state index contributed by atoms with van der Waals surface area (Å²) in [5.74, 6) is 0.635. The van der Waals surface area contributed by atoms with Gasteiger partial charge in [0.15, 0.2) is 0 Å². The summed E-state index contributed by atoms with van der Waals surface area (Å²) in [6, 6.07) is 17.7. The van der Waals surface area contributed by atoms with E-state index < -0.39 is 0 Å². The summed E-state index contributed by atoms with van der Waals surface area (Å²) < 4.78 is 6.39. The Morgan fingerprint density at radius 3 is 2.35 bits per heavy atom. The molecular weight excluding hydrogens is 378 g/mol. The lowest BCUT2D eigenvalue weighted by Crippen LogP contribution is -1.97. The van der Waals surface area contributed by atoms with Crippen LogP contribution in [0, 0.1) is 33.6 Å². The van der Waals surface area contributed by atoms with Gasteiger partial charge in [-0.1, -0.05) is 44.2 Å². The van der Waals surface area contributed by atoms with Gasteiger partial charge in [-0.05, 0) is 96.8 Å². The van der Waals surface area contributed by atoms with Crippen molar-refractivity contribution in [2.75, 3.05) is 0 Å². The van der Waals surface area contributed by atoms with Gasteiger partial charge in [0.1, 0.15) is 5.58 Å². The van der Waals surface area contributed by atoms with Crippen LogP contribution in [0.2, 0.25) is 0 Å². The van der Waals surface area contributed by atoms with E-state index in [0.29, 0.717) is 5.92 Å². The maximum Gasteiger partial charge on any atom is 0.227 e. The van der Waals surface area contributed by atoms with Gasteiger partial charge in [0.2, 0.25) is 5.71 Å². The van der Waals surface area contributed by atoms with E-state index in [4.69, 9.17) is 4.42 Å². The minimum Gasteiger partial charge on any atom is -0.437 e. The van der Waals surface area contributed by atoms with E-state index in [9.17, 15) is 0 Å². The van der Waals surface area contributed by atoms with Crippen molar-refractivity contribution in [3.63, 3.8) is 0 Å². The van der Waals surface area contributed by atoms with Crippen molar-refractivity contribution in [3.05, 3.63) is 76.5 Å². The first-order valence-corrected chi connectivity index (χ1v) is 11.2. The Bertz CT molecular complexity index is 1470. The molecule has 0 saturated carbocycles. The molecular formula is C29H29NO. The van der Waals surface area contributed by atoms with E-state index in [-0.39, 0.29) is 0 Å². The number of hydrogen-bond donors (Lipinski definition) is 0. The van der Waals surface area contributed by atoms with Crippen LogP contribution in [0.25, 0.3) is 44.0 Å². The van der Waals surface area contributed by atoms with E-state index in [2.05, 4.69) is 88.1 Å². The molecule has 0 fully saturated rings. The summed E-state index contributed by atoms with van der Waals surface area (Å²) in [5, 5.41) is 4.92. The zero-order valence-electron chi connectivity index (χ0n) is 19.3. The highest BCUT2D eigenvalue weighted by Crippen LogP contribution is 2.41. The molecule has 156 valence electrons. The highest BCUT2D eigenvalue weighted by Gasteiger charge is 2.19. The molecule has 0 aliphatic carbocycles. The number of hydrogen-bond acceptors (Lipinski definition) is 2.